The minimum Gasteiger partial charge on any atom is -0.508 e. The van der Waals surface area contributed by atoms with Crippen LogP contribution in [0, 0.1) is 5.92 Å². The van der Waals surface area contributed by atoms with Crippen molar-refractivity contribution in [1.29, 1.82) is 0 Å². The Bertz CT molecular complexity index is 427. The van der Waals surface area contributed by atoms with Crippen molar-refractivity contribution in [3.05, 3.63) is 29.8 Å². The second kappa shape index (κ2) is 6.57. The van der Waals surface area contributed by atoms with Gasteiger partial charge in [0.15, 0.2) is 0 Å². The van der Waals surface area contributed by atoms with Gasteiger partial charge in [-0.05, 0) is 43.4 Å². The summed E-state index contributed by atoms with van der Waals surface area (Å²) >= 11 is 0. The Labute approximate surface area is 114 Å². The van der Waals surface area contributed by atoms with E-state index >= 15 is 0 Å². The Balaban J connectivity index is 1.85. The molecule has 104 valence electrons. The van der Waals surface area contributed by atoms with Crippen molar-refractivity contribution in [2.45, 2.75) is 19.3 Å². The first kappa shape index (κ1) is 13.9. The van der Waals surface area contributed by atoms with Crippen molar-refractivity contribution in [1.82, 2.24) is 4.90 Å². The van der Waals surface area contributed by atoms with Crippen LogP contribution in [0.3, 0.4) is 0 Å². The largest absolute Gasteiger partial charge is 0.508 e. The van der Waals surface area contributed by atoms with Crippen LogP contribution < -0.4 is 0 Å². The van der Waals surface area contributed by atoms with Crippen molar-refractivity contribution in [3.8, 4) is 5.75 Å². The van der Waals surface area contributed by atoms with Gasteiger partial charge in [0.05, 0.1) is 0 Å². The number of ether oxygens (including phenoxy) is 1. The van der Waals surface area contributed by atoms with Crippen LogP contribution in [0.15, 0.2) is 24.3 Å². The van der Waals surface area contributed by atoms with Gasteiger partial charge in [0.2, 0.25) is 0 Å². The van der Waals surface area contributed by atoms with E-state index < -0.39 is 0 Å². The molecule has 1 saturated heterocycles. The molecule has 1 amide bonds. The minimum atomic E-state index is -0.0389. The molecule has 1 aromatic carbocycles. The van der Waals surface area contributed by atoms with Gasteiger partial charge in [-0.25, -0.2) is 0 Å². The average Bonchev–Trinajstić information content (AvgIpc) is 2.45. The zero-order valence-electron chi connectivity index (χ0n) is 11.3. The number of phenolic OH excluding ortho intramolecular Hbond substituents is 1. The predicted molar refractivity (Wildman–Crippen MR) is 73.2 cm³/mol. The van der Waals surface area contributed by atoms with E-state index in [0.717, 1.165) is 39.0 Å². The molecule has 1 aromatic rings. The Kier molecular flexibility index (Phi) is 4.80. The second-order valence-corrected chi connectivity index (χ2v) is 5.12. The molecule has 0 unspecified atom stereocenters. The number of amides is 1. The average molecular weight is 263 g/mol. The van der Waals surface area contributed by atoms with Crippen LogP contribution in [0.4, 0.5) is 0 Å². The van der Waals surface area contributed by atoms with Gasteiger partial charge in [0, 0.05) is 32.4 Å². The smallest absolute Gasteiger partial charge is 0.253 e. The maximum absolute atomic E-state index is 12.2. The summed E-state index contributed by atoms with van der Waals surface area (Å²) in [4.78, 5) is 13.9. The summed E-state index contributed by atoms with van der Waals surface area (Å²) in [6, 6.07) is 6.49. The molecule has 1 heterocycles. The van der Waals surface area contributed by atoms with Gasteiger partial charge in [-0.3, -0.25) is 4.79 Å². The van der Waals surface area contributed by atoms with Gasteiger partial charge < -0.3 is 14.7 Å². The SMILES string of the molecule is CN(CCC1CCOCC1)C(=O)c1cccc(O)c1. The van der Waals surface area contributed by atoms with Crippen LogP contribution in [0.25, 0.3) is 0 Å². The summed E-state index contributed by atoms with van der Waals surface area (Å²) in [5, 5.41) is 9.39. The summed E-state index contributed by atoms with van der Waals surface area (Å²) in [6.45, 7) is 2.43. The van der Waals surface area contributed by atoms with Gasteiger partial charge >= 0.3 is 0 Å². The quantitative estimate of drug-likeness (QED) is 0.906. The normalized spacial score (nSPS) is 16.3. The predicted octanol–water partition coefficient (Wildman–Crippen LogP) is 2.28. The zero-order chi connectivity index (χ0) is 13.7. The van der Waals surface area contributed by atoms with Gasteiger partial charge in [0.25, 0.3) is 5.91 Å². The second-order valence-electron chi connectivity index (χ2n) is 5.12. The number of benzene rings is 1. The van der Waals surface area contributed by atoms with E-state index in [9.17, 15) is 9.90 Å². The number of carbonyl (C=O) groups is 1. The van der Waals surface area contributed by atoms with Crippen LogP contribution >= 0.6 is 0 Å². The van der Waals surface area contributed by atoms with Crippen LogP contribution in [0.5, 0.6) is 5.75 Å². The van der Waals surface area contributed by atoms with Crippen molar-refractivity contribution < 1.29 is 14.6 Å². The molecule has 1 fully saturated rings. The monoisotopic (exact) mass is 263 g/mol. The maximum Gasteiger partial charge on any atom is 0.253 e. The van der Waals surface area contributed by atoms with E-state index in [-0.39, 0.29) is 11.7 Å². The number of hydrogen-bond donors (Lipinski definition) is 1. The highest BCUT2D eigenvalue weighted by molar-refractivity contribution is 5.94. The molecular weight excluding hydrogens is 242 g/mol. The molecule has 0 saturated carbocycles. The first-order valence-corrected chi connectivity index (χ1v) is 6.79. The van der Waals surface area contributed by atoms with Gasteiger partial charge in [-0.2, -0.15) is 0 Å². The van der Waals surface area contributed by atoms with Crippen LogP contribution in [0.1, 0.15) is 29.6 Å². The van der Waals surface area contributed by atoms with Crippen molar-refractivity contribution >= 4 is 5.91 Å². The molecule has 0 spiro atoms. The molecule has 1 aliphatic rings. The molecule has 0 aromatic heterocycles. The van der Waals surface area contributed by atoms with Crippen molar-refractivity contribution in [3.63, 3.8) is 0 Å². The van der Waals surface area contributed by atoms with Crippen LogP contribution in [0.2, 0.25) is 0 Å². The molecule has 2 rings (SSSR count). The highest BCUT2D eigenvalue weighted by Gasteiger charge is 2.17. The number of rotatable bonds is 4. The third-order valence-electron chi connectivity index (χ3n) is 3.65. The van der Waals surface area contributed by atoms with Gasteiger partial charge in [0.1, 0.15) is 5.75 Å². The standard InChI is InChI=1S/C15H21NO3/c1-16(8-5-12-6-9-19-10-7-12)15(18)13-3-2-4-14(17)11-13/h2-4,11-12,17H,5-10H2,1H3. The highest BCUT2D eigenvalue weighted by atomic mass is 16.5. The van der Waals surface area contributed by atoms with E-state index in [1.807, 2.05) is 7.05 Å². The lowest BCUT2D eigenvalue weighted by Gasteiger charge is -2.25. The zero-order valence-corrected chi connectivity index (χ0v) is 11.3. The molecule has 0 atom stereocenters. The number of carbonyl (C=O) groups excluding carboxylic acids is 1. The molecule has 0 radical (unpaired) electrons. The lowest BCUT2D eigenvalue weighted by molar-refractivity contribution is 0.0583. The third-order valence-corrected chi connectivity index (χ3v) is 3.65. The molecule has 0 aliphatic carbocycles. The first-order chi connectivity index (χ1) is 9.16. The molecule has 0 bridgehead atoms. The third kappa shape index (κ3) is 3.96. The van der Waals surface area contributed by atoms with Gasteiger partial charge in [-0.1, -0.05) is 6.07 Å². The van der Waals surface area contributed by atoms with Gasteiger partial charge in [-0.15, -0.1) is 0 Å². The molecule has 1 N–H and O–H groups in total. The lowest BCUT2D eigenvalue weighted by Crippen LogP contribution is -2.30. The summed E-state index contributed by atoms with van der Waals surface area (Å²) in [5.74, 6) is 0.750. The number of phenols is 1. The Morgan fingerprint density at radius 3 is 2.84 bits per heavy atom. The van der Waals surface area contributed by atoms with Crippen molar-refractivity contribution in [2.75, 3.05) is 26.8 Å². The Hall–Kier alpha value is -1.55. The van der Waals surface area contributed by atoms with Crippen LogP contribution in [-0.4, -0.2) is 42.7 Å². The molecule has 1 aliphatic heterocycles. The number of aromatic hydroxyl groups is 1. The molecule has 4 heteroatoms. The number of hydrogen-bond acceptors (Lipinski definition) is 3. The Morgan fingerprint density at radius 2 is 2.16 bits per heavy atom. The Morgan fingerprint density at radius 1 is 1.42 bits per heavy atom. The summed E-state index contributed by atoms with van der Waals surface area (Å²) in [5.41, 5.74) is 0.537. The van der Waals surface area contributed by atoms with E-state index in [2.05, 4.69) is 0 Å². The van der Waals surface area contributed by atoms with E-state index in [4.69, 9.17) is 4.74 Å². The number of nitrogens with zero attached hydrogens (tertiary/aromatic N) is 1. The summed E-state index contributed by atoms with van der Waals surface area (Å²) in [7, 11) is 1.81. The van der Waals surface area contributed by atoms with E-state index in [0.29, 0.717) is 11.5 Å². The fourth-order valence-electron chi connectivity index (χ4n) is 2.37. The molecular formula is C15H21NO3. The fraction of sp³-hybridized carbons (Fsp3) is 0.533. The topological polar surface area (TPSA) is 49.8 Å². The lowest BCUT2D eigenvalue weighted by atomic mass is 9.96. The van der Waals surface area contributed by atoms with E-state index in [1.165, 1.54) is 6.07 Å². The fourth-order valence-corrected chi connectivity index (χ4v) is 2.37. The minimum absolute atomic E-state index is 0.0389. The molecule has 19 heavy (non-hydrogen) atoms. The van der Waals surface area contributed by atoms with E-state index in [1.54, 1.807) is 23.1 Å². The van der Waals surface area contributed by atoms with Crippen molar-refractivity contribution in [2.24, 2.45) is 5.92 Å². The van der Waals surface area contributed by atoms with Crippen LogP contribution in [-0.2, 0) is 4.74 Å². The summed E-state index contributed by atoms with van der Waals surface area (Å²) < 4.78 is 5.33. The maximum atomic E-state index is 12.2. The first-order valence-electron chi connectivity index (χ1n) is 6.79. The highest BCUT2D eigenvalue weighted by Crippen LogP contribution is 2.19. The molecule has 4 nitrogen and oxygen atoms in total. The summed E-state index contributed by atoms with van der Waals surface area (Å²) in [6.07, 6.45) is 3.20.